The van der Waals surface area contributed by atoms with Crippen molar-refractivity contribution < 1.29 is 9.53 Å². The minimum Gasteiger partial charge on any atom is -0.494 e. The maximum absolute atomic E-state index is 12.6. The average molecular weight is 413 g/mol. The van der Waals surface area contributed by atoms with Gasteiger partial charge in [0.15, 0.2) is 0 Å². The molecule has 2 aromatic rings. The topological polar surface area (TPSA) is 75.3 Å². The third-order valence-corrected chi connectivity index (χ3v) is 4.15. The first-order valence-corrected chi connectivity index (χ1v) is 8.72. The van der Waals surface area contributed by atoms with Gasteiger partial charge in [-0.2, -0.15) is 0 Å². The molecule has 1 saturated heterocycles. The smallest absolute Gasteiger partial charge is 0.255 e. The molecule has 6 nitrogen and oxygen atoms in total. The van der Waals surface area contributed by atoms with Crippen molar-refractivity contribution in [3.8, 4) is 5.75 Å². The number of hydrogen-bond acceptors (Lipinski definition) is 5. The minimum absolute atomic E-state index is 0. The van der Waals surface area contributed by atoms with E-state index in [1.165, 1.54) is 0 Å². The van der Waals surface area contributed by atoms with Crippen LogP contribution in [0.2, 0.25) is 0 Å². The van der Waals surface area contributed by atoms with Crippen molar-refractivity contribution in [1.29, 1.82) is 0 Å². The summed E-state index contributed by atoms with van der Waals surface area (Å²) in [5.41, 5.74) is 1.41. The lowest BCUT2D eigenvalue weighted by molar-refractivity contribution is 0.0930. The second-order valence-corrected chi connectivity index (χ2v) is 5.98. The van der Waals surface area contributed by atoms with Gasteiger partial charge >= 0.3 is 0 Å². The number of piperidine rings is 1. The monoisotopic (exact) mass is 412 g/mol. The molecule has 0 spiro atoms. The van der Waals surface area contributed by atoms with E-state index >= 15 is 0 Å². The lowest BCUT2D eigenvalue weighted by Gasteiger charge is -2.24. The van der Waals surface area contributed by atoms with Gasteiger partial charge in [0, 0.05) is 17.9 Å². The number of anilines is 2. The van der Waals surface area contributed by atoms with Gasteiger partial charge in [-0.05, 0) is 69.3 Å². The predicted octanol–water partition coefficient (Wildman–Crippen LogP) is 3.55. The molecule has 1 amide bonds. The van der Waals surface area contributed by atoms with Crippen LogP contribution in [0.3, 0.4) is 0 Å². The van der Waals surface area contributed by atoms with Gasteiger partial charge < -0.3 is 20.7 Å². The highest BCUT2D eigenvalue weighted by Gasteiger charge is 2.18. The minimum atomic E-state index is -0.0894. The highest BCUT2D eigenvalue weighted by atomic mass is 35.5. The van der Waals surface area contributed by atoms with Crippen molar-refractivity contribution in [3.05, 3.63) is 48.2 Å². The van der Waals surface area contributed by atoms with E-state index in [0.717, 1.165) is 37.4 Å². The van der Waals surface area contributed by atoms with Crippen LogP contribution in [0.25, 0.3) is 0 Å². The molecule has 8 heteroatoms. The van der Waals surface area contributed by atoms with E-state index in [1.54, 1.807) is 18.3 Å². The van der Waals surface area contributed by atoms with Crippen LogP contribution in [0, 0.1) is 0 Å². The Morgan fingerprint density at radius 2 is 1.89 bits per heavy atom. The van der Waals surface area contributed by atoms with Gasteiger partial charge in [0.1, 0.15) is 11.6 Å². The van der Waals surface area contributed by atoms with Gasteiger partial charge in [0.2, 0.25) is 0 Å². The Balaban J connectivity index is 0.00000182. The van der Waals surface area contributed by atoms with Gasteiger partial charge in [-0.25, -0.2) is 4.98 Å². The zero-order valence-electron chi connectivity index (χ0n) is 15.2. The quantitative estimate of drug-likeness (QED) is 0.676. The van der Waals surface area contributed by atoms with E-state index in [9.17, 15) is 4.79 Å². The SMILES string of the molecule is CCOc1ccc(Nc2ncccc2C(=O)NC2CCNCC2)cc1.Cl.Cl. The molecule has 1 aliphatic rings. The molecule has 148 valence electrons. The van der Waals surface area contributed by atoms with E-state index in [4.69, 9.17) is 4.74 Å². The van der Waals surface area contributed by atoms with Gasteiger partial charge in [-0.1, -0.05) is 0 Å². The summed E-state index contributed by atoms with van der Waals surface area (Å²) in [5, 5.41) is 9.63. The van der Waals surface area contributed by atoms with Crippen LogP contribution in [-0.2, 0) is 0 Å². The Hall–Kier alpha value is -2.02. The van der Waals surface area contributed by atoms with Gasteiger partial charge in [0.25, 0.3) is 5.91 Å². The molecule has 3 N–H and O–H groups in total. The van der Waals surface area contributed by atoms with Crippen molar-refractivity contribution >= 4 is 42.2 Å². The predicted molar refractivity (Wildman–Crippen MR) is 113 cm³/mol. The number of rotatable bonds is 6. The fourth-order valence-electron chi connectivity index (χ4n) is 2.86. The van der Waals surface area contributed by atoms with Crippen LogP contribution in [0.1, 0.15) is 30.1 Å². The first-order chi connectivity index (χ1) is 12.3. The van der Waals surface area contributed by atoms with Crippen molar-refractivity contribution in [2.24, 2.45) is 0 Å². The Morgan fingerprint density at radius 3 is 2.56 bits per heavy atom. The van der Waals surface area contributed by atoms with Crippen LogP contribution in [0.5, 0.6) is 5.75 Å². The van der Waals surface area contributed by atoms with E-state index in [2.05, 4.69) is 20.9 Å². The summed E-state index contributed by atoms with van der Waals surface area (Å²) in [4.78, 5) is 17.0. The molecule has 1 aromatic carbocycles. The van der Waals surface area contributed by atoms with Crippen molar-refractivity contribution in [3.63, 3.8) is 0 Å². The molecule has 0 aliphatic carbocycles. The molecule has 1 fully saturated rings. The molecular formula is C19H26Cl2N4O2. The number of halogens is 2. The van der Waals surface area contributed by atoms with E-state index < -0.39 is 0 Å². The number of carbonyl (C=O) groups excluding carboxylic acids is 1. The number of carbonyl (C=O) groups is 1. The van der Waals surface area contributed by atoms with E-state index in [-0.39, 0.29) is 36.8 Å². The molecule has 0 saturated carbocycles. The van der Waals surface area contributed by atoms with Crippen LogP contribution >= 0.6 is 24.8 Å². The summed E-state index contributed by atoms with van der Waals surface area (Å²) < 4.78 is 5.44. The Morgan fingerprint density at radius 1 is 1.19 bits per heavy atom. The highest BCUT2D eigenvalue weighted by molar-refractivity contribution is 5.99. The number of amides is 1. The van der Waals surface area contributed by atoms with Crippen molar-refractivity contribution in [1.82, 2.24) is 15.6 Å². The molecule has 2 heterocycles. The van der Waals surface area contributed by atoms with Crippen LogP contribution in [-0.4, -0.2) is 36.6 Å². The number of nitrogens with zero attached hydrogens (tertiary/aromatic N) is 1. The first-order valence-electron chi connectivity index (χ1n) is 8.72. The third-order valence-electron chi connectivity index (χ3n) is 4.15. The summed E-state index contributed by atoms with van der Waals surface area (Å²) in [6, 6.07) is 11.4. The third kappa shape index (κ3) is 6.57. The molecule has 0 bridgehead atoms. The number of benzene rings is 1. The number of pyridine rings is 1. The Kier molecular flexibility index (Phi) is 9.93. The molecule has 0 radical (unpaired) electrons. The fraction of sp³-hybridized carbons (Fsp3) is 0.368. The molecule has 1 aliphatic heterocycles. The Labute approximate surface area is 172 Å². The van der Waals surface area contributed by atoms with Crippen molar-refractivity contribution in [2.45, 2.75) is 25.8 Å². The normalized spacial score (nSPS) is 13.7. The van der Waals surface area contributed by atoms with E-state index in [1.807, 2.05) is 31.2 Å². The zero-order chi connectivity index (χ0) is 17.5. The van der Waals surface area contributed by atoms with Gasteiger partial charge in [0.05, 0.1) is 12.2 Å². The standard InChI is InChI=1S/C19H24N4O2.2ClH/c1-2-25-16-7-5-14(6-8-16)22-18-17(4-3-11-21-18)19(24)23-15-9-12-20-13-10-15;;/h3-8,11,15,20H,2,9-10,12-13H2,1H3,(H,21,22)(H,23,24);2*1H. The molecule has 3 rings (SSSR count). The lowest BCUT2D eigenvalue weighted by atomic mass is 10.1. The lowest BCUT2D eigenvalue weighted by Crippen LogP contribution is -2.42. The maximum atomic E-state index is 12.6. The zero-order valence-corrected chi connectivity index (χ0v) is 16.9. The first kappa shape index (κ1) is 23.0. The maximum Gasteiger partial charge on any atom is 0.255 e. The van der Waals surface area contributed by atoms with Crippen LogP contribution in [0.4, 0.5) is 11.5 Å². The van der Waals surface area contributed by atoms with Gasteiger partial charge in [-0.3, -0.25) is 4.79 Å². The highest BCUT2D eigenvalue weighted by Crippen LogP contribution is 2.21. The molecular weight excluding hydrogens is 387 g/mol. The molecule has 27 heavy (non-hydrogen) atoms. The molecule has 0 unspecified atom stereocenters. The van der Waals surface area contributed by atoms with Crippen molar-refractivity contribution in [2.75, 3.05) is 25.0 Å². The van der Waals surface area contributed by atoms with E-state index in [0.29, 0.717) is 18.0 Å². The average Bonchev–Trinajstić information content (AvgIpc) is 2.65. The summed E-state index contributed by atoms with van der Waals surface area (Å²) >= 11 is 0. The molecule has 0 atom stereocenters. The van der Waals surface area contributed by atoms with Gasteiger partial charge in [-0.15, -0.1) is 24.8 Å². The summed E-state index contributed by atoms with van der Waals surface area (Å²) in [6.07, 6.45) is 3.58. The number of nitrogens with one attached hydrogen (secondary N) is 3. The molecule has 1 aromatic heterocycles. The number of ether oxygens (including phenoxy) is 1. The number of aromatic nitrogens is 1. The summed E-state index contributed by atoms with van der Waals surface area (Å²) in [5.74, 6) is 1.28. The summed E-state index contributed by atoms with van der Waals surface area (Å²) in [6.45, 7) is 4.46. The second-order valence-electron chi connectivity index (χ2n) is 5.98. The summed E-state index contributed by atoms with van der Waals surface area (Å²) in [7, 11) is 0. The largest absolute Gasteiger partial charge is 0.494 e. The number of hydrogen-bond donors (Lipinski definition) is 3. The fourth-order valence-corrected chi connectivity index (χ4v) is 2.86. The Bertz CT molecular complexity index is 707. The second kappa shape index (κ2) is 11.6. The van der Waals surface area contributed by atoms with Crippen LogP contribution in [0.15, 0.2) is 42.6 Å². The van der Waals surface area contributed by atoms with Crippen LogP contribution < -0.4 is 20.7 Å².